The van der Waals surface area contributed by atoms with Crippen LogP contribution in [-0.4, -0.2) is 22.5 Å². The van der Waals surface area contributed by atoms with E-state index < -0.39 is 0 Å². The number of rotatable bonds is 2. The highest BCUT2D eigenvalue weighted by Gasteiger charge is 2.32. The number of aromatic nitrogens is 1. The van der Waals surface area contributed by atoms with Crippen LogP contribution < -0.4 is 4.90 Å². The van der Waals surface area contributed by atoms with Crippen LogP contribution >= 0.6 is 11.3 Å². The fraction of sp³-hybridized carbons (Fsp3) is 0.200. The fourth-order valence-electron chi connectivity index (χ4n) is 3.77. The van der Waals surface area contributed by atoms with Crippen molar-refractivity contribution in [3.05, 3.63) is 52.9 Å². The highest BCUT2D eigenvalue weighted by Crippen LogP contribution is 2.40. The number of nitrogens with zero attached hydrogens (tertiary/aromatic N) is 2. The third-order valence-corrected chi connectivity index (χ3v) is 5.81. The first-order valence-corrected chi connectivity index (χ1v) is 9.28. The van der Waals surface area contributed by atoms with Crippen molar-refractivity contribution >= 4 is 22.9 Å². The summed E-state index contributed by atoms with van der Waals surface area (Å²) in [6, 6.07) is 11.4. The van der Waals surface area contributed by atoms with Crippen molar-refractivity contribution in [1.82, 2.24) is 4.98 Å². The van der Waals surface area contributed by atoms with Gasteiger partial charge < -0.3 is 10.0 Å². The summed E-state index contributed by atoms with van der Waals surface area (Å²) in [7, 11) is 0. The SMILES string of the molecule is O=C1Cc2cc(-c3csc(-c4ccc(O)cc4)n3)cc3c2N1CCC3. The Bertz CT molecular complexity index is 991. The standard InChI is InChI=1S/C20H16N2O2S/c23-16-5-3-12(4-6-16)20-21-17(11-25-20)14-8-13-2-1-7-22-18(24)10-15(9-14)19(13)22/h3-6,8-9,11,23H,1-2,7,10H2. The predicted molar refractivity (Wildman–Crippen MR) is 99.0 cm³/mol. The Morgan fingerprint density at radius 3 is 2.72 bits per heavy atom. The lowest BCUT2D eigenvalue weighted by Crippen LogP contribution is -2.31. The topological polar surface area (TPSA) is 53.4 Å². The van der Waals surface area contributed by atoms with Crippen molar-refractivity contribution in [1.29, 1.82) is 0 Å². The molecule has 1 aromatic heterocycles. The van der Waals surface area contributed by atoms with Crippen LogP contribution in [0.2, 0.25) is 0 Å². The number of benzene rings is 2. The Labute approximate surface area is 149 Å². The van der Waals surface area contributed by atoms with Gasteiger partial charge in [-0.25, -0.2) is 4.98 Å². The quantitative estimate of drug-likeness (QED) is 0.761. The van der Waals surface area contributed by atoms with Gasteiger partial charge in [-0.1, -0.05) is 0 Å². The molecule has 1 amide bonds. The number of phenolic OH excluding ortho intramolecular Hbond substituents is 1. The summed E-state index contributed by atoms with van der Waals surface area (Å²) in [6.07, 6.45) is 2.55. The van der Waals surface area contributed by atoms with Gasteiger partial charge in [-0.2, -0.15) is 0 Å². The summed E-state index contributed by atoms with van der Waals surface area (Å²) in [5, 5.41) is 12.4. The highest BCUT2D eigenvalue weighted by atomic mass is 32.1. The van der Waals surface area contributed by atoms with Gasteiger partial charge in [-0.15, -0.1) is 11.3 Å². The first-order valence-electron chi connectivity index (χ1n) is 8.40. The highest BCUT2D eigenvalue weighted by molar-refractivity contribution is 7.13. The molecule has 0 saturated carbocycles. The van der Waals surface area contributed by atoms with E-state index in [1.54, 1.807) is 23.5 Å². The molecule has 124 valence electrons. The minimum atomic E-state index is 0.219. The number of amides is 1. The van der Waals surface area contributed by atoms with Gasteiger partial charge in [0.2, 0.25) is 5.91 Å². The molecule has 0 unspecified atom stereocenters. The molecule has 4 nitrogen and oxygen atoms in total. The van der Waals surface area contributed by atoms with Gasteiger partial charge in [0.1, 0.15) is 10.8 Å². The summed E-state index contributed by atoms with van der Waals surface area (Å²) in [5.41, 5.74) is 6.59. The average molecular weight is 348 g/mol. The van der Waals surface area contributed by atoms with E-state index >= 15 is 0 Å². The van der Waals surface area contributed by atoms with Gasteiger partial charge in [0.15, 0.2) is 0 Å². The zero-order chi connectivity index (χ0) is 17.0. The lowest BCUT2D eigenvalue weighted by atomic mass is 9.96. The van der Waals surface area contributed by atoms with E-state index in [2.05, 4.69) is 17.5 Å². The average Bonchev–Trinajstić information content (AvgIpc) is 3.23. The molecule has 0 atom stereocenters. The van der Waals surface area contributed by atoms with Crippen LogP contribution in [0.1, 0.15) is 17.5 Å². The molecule has 0 bridgehead atoms. The number of thiazole rings is 1. The fourth-order valence-corrected chi connectivity index (χ4v) is 4.61. The van der Waals surface area contributed by atoms with Crippen molar-refractivity contribution in [2.24, 2.45) is 0 Å². The van der Waals surface area contributed by atoms with Crippen molar-refractivity contribution in [3.63, 3.8) is 0 Å². The second kappa shape index (κ2) is 5.43. The summed E-state index contributed by atoms with van der Waals surface area (Å²) >= 11 is 1.60. The molecule has 0 fully saturated rings. The molecule has 1 N–H and O–H groups in total. The molecule has 2 aliphatic heterocycles. The first-order chi connectivity index (χ1) is 12.2. The smallest absolute Gasteiger partial charge is 0.231 e. The first kappa shape index (κ1) is 14.7. The summed E-state index contributed by atoms with van der Waals surface area (Å²) < 4.78 is 0. The third kappa shape index (κ3) is 2.35. The molecular formula is C20H16N2O2S. The van der Waals surface area contributed by atoms with Crippen LogP contribution in [0.15, 0.2) is 41.8 Å². The van der Waals surface area contributed by atoms with Crippen molar-refractivity contribution in [2.75, 3.05) is 11.4 Å². The van der Waals surface area contributed by atoms with Crippen LogP contribution in [0.25, 0.3) is 21.8 Å². The minimum Gasteiger partial charge on any atom is -0.508 e. The van der Waals surface area contributed by atoms with E-state index in [9.17, 15) is 9.90 Å². The largest absolute Gasteiger partial charge is 0.508 e. The van der Waals surface area contributed by atoms with Gasteiger partial charge >= 0.3 is 0 Å². The van der Waals surface area contributed by atoms with Crippen LogP contribution in [0, 0.1) is 0 Å². The monoisotopic (exact) mass is 348 g/mol. The summed E-state index contributed by atoms with van der Waals surface area (Å²) in [6.45, 7) is 0.847. The molecule has 5 heteroatoms. The predicted octanol–water partition coefficient (Wildman–Crippen LogP) is 4.02. The van der Waals surface area contributed by atoms with E-state index in [0.717, 1.165) is 52.5 Å². The van der Waals surface area contributed by atoms with Crippen LogP contribution in [0.3, 0.4) is 0 Å². The van der Waals surface area contributed by atoms with Crippen molar-refractivity contribution in [3.8, 4) is 27.6 Å². The molecular weight excluding hydrogens is 332 g/mol. The van der Waals surface area contributed by atoms with Crippen molar-refractivity contribution in [2.45, 2.75) is 19.3 Å². The molecule has 0 spiro atoms. The Kier molecular flexibility index (Phi) is 3.18. The summed E-state index contributed by atoms with van der Waals surface area (Å²) in [5.74, 6) is 0.476. The van der Waals surface area contributed by atoms with Crippen LogP contribution in [-0.2, 0) is 17.6 Å². The van der Waals surface area contributed by atoms with Gasteiger partial charge in [0.25, 0.3) is 0 Å². The number of aromatic hydroxyl groups is 1. The molecule has 5 rings (SSSR count). The van der Waals surface area contributed by atoms with E-state index in [0.29, 0.717) is 6.42 Å². The number of carbonyl (C=O) groups excluding carboxylic acids is 1. The van der Waals surface area contributed by atoms with Gasteiger partial charge in [0, 0.05) is 23.1 Å². The van der Waals surface area contributed by atoms with E-state index in [1.165, 1.54) is 5.56 Å². The second-order valence-electron chi connectivity index (χ2n) is 6.55. The zero-order valence-corrected chi connectivity index (χ0v) is 14.3. The number of anilines is 1. The zero-order valence-electron chi connectivity index (χ0n) is 13.5. The van der Waals surface area contributed by atoms with E-state index in [-0.39, 0.29) is 11.7 Å². The number of hydrogen-bond acceptors (Lipinski definition) is 4. The maximum atomic E-state index is 12.2. The Hall–Kier alpha value is -2.66. The number of hydrogen-bond donors (Lipinski definition) is 1. The lowest BCUT2D eigenvalue weighted by Gasteiger charge is -2.25. The summed E-state index contributed by atoms with van der Waals surface area (Å²) in [4.78, 5) is 18.9. The van der Waals surface area contributed by atoms with Crippen LogP contribution in [0.5, 0.6) is 5.75 Å². The number of aryl methyl sites for hydroxylation is 1. The maximum Gasteiger partial charge on any atom is 0.231 e. The Balaban J connectivity index is 1.56. The normalized spacial score (nSPS) is 15.5. The second-order valence-corrected chi connectivity index (χ2v) is 7.41. The Morgan fingerprint density at radius 2 is 1.88 bits per heavy atom. The third-order valence-electron chi connectivity index (χ3n) is 4.92. The molecule has 2 aromatic carbocycles. The van der Waals surface area contributed by atoms with Gasteiger partial charge in [0.05, 0.1) is 17.8 Å². The number of phenols is 1. The van der Waals surface area contributed by atoms with E-state index in [4.69, 9.17) is 4.98 Å². The van der Waals surface area contributed by atoms with Gasteiger partial charge in [-0.3, -0.25) is 4.79 Å². The molecule has 2 aliphatic rings. The molecule has 3 heterocycles. The van der Waals surface area contributed by atoms with E-state index in [1.807, 2.05) is 17.0 Å². The maximum absolute atomic E-state index is 12.2. The molecule has 3 aromatic rings. The molecule has 0 aliphatic carbocycles. The Morgan fingerprint density at radius 1 is 1.08 bits per heavy atom. The molecule has 25 heavy (non-hydrogen) atoms. The molecule has 0 saturated heterocycles. The van der Waals surface area contributed by atoms with Gasteiger partial charge in [-0.05, 0) is 60.4 Å². The molecule has 0 radical (unpaired) electrons. The lowest BCUT2D eigenvalue weighted by molar-refractivity contribution is -0.117. The minimum absolute atomic E-state index is 0.219. The van der Waals surface area contributed by atoms with Crippen molar-refractivity contribution < 1.29 is 9.90 Å². The number of carbonyl (C=O) groups is 1. The van der Waals surface area contributed by atoms with Crippen LogP contribution in [0.4, 0.5) is 5.69 Å².